The molecule has 0 fully saturated rings. The van der Waals surface area contributed by atoms with Gasteiger partial charge in [-0.3, -0.25) is 0 Å². The summed E-state index contributed by atoms with van der Waals surface area (Å²) in [7, 11) is 0. The van der Waals surface area contributed by atoms with Gasteiger partial charge in [-0.1, -0.05) is 25.1 Å². The number of H-pyrrole nitrogens is 1. The molecule has 0 aliphatic rings. The zero-order chi connectivity index (χ0) is 11.2. The molecule has 0 unspecified atom stereocenters. The minimum absolute atomic E-state index is 1.08. The highest BCUT2D eigenvalue weighted by molar-refractivity contribution is 5.82. The average molecular weight is 216 g/mol. The molecule has 86 valence electrons. The molecule has 0 spiro atoms. The second-order valence-electron chi connectivity index (χ2n) is 4.17. The van der Waals surface area contributed by atoms with E-state index in [4.69, 9.17) is 0 Å². The highest BCUT2D eigenvalue weighted by atomic mass is 14.8. The molecule has 0 radical (unpaired) electrons. The summed E-state index contributed by atoms with van der Waals surface area (Å²) >= 11 is 0. The number of unbranched alkanes of at least 4 members (excludes halogenated alkanes) is 1. The summed E-state index contributed by atoms with van der Waals surface area (Å²) in [6.07, 6.45) is 5.84. The molecular weight excluding hydrogens is 196 g/mol. The van der Waals surface area contributed by atoms with E-state index in [9.17, 15) is 0 Å². The molecule has 0 amide bonds. The quantitative estimate of drug-likeness (QED) is 0.713. The van der Waals surface area contributed by atoms with E-state index in [-0.39, 0.29) is 0 Å². The van der Waals surface area contributed by atoms with Crippen LogP contribution < -0.4 is 5.32 Å². The molecular formula is C14H20N2. The smallest absolute Gasteiger partial charge is 0.0456 e. The van der Waals surface area contributed by atoms with Crippen LogP contribution in [0.25, 0.3) is 10.9 Å². The Bertz CT molecular complexity index is 431. The van der Waals surface area contributed by atoms with Gasteiger partial charge < -0.3 is 10.3 Å². The zero-order valence-corrected chi connectivity index (χ0v) is 9.92. The summed E-state index contributed by atoms with van der Waals surface area (Å²) < 4.78 is 0. The molecule has 0 aliphatic carbocycles. The van der Waals surface area contributed by atoms with E-state index < -0.39 is 0 Å². The number of fused-ring (bicyclic) bond motifs is 1. The van der Waals surface area contributed by atoms with Crippen molar-refractivity contribution in [3.05, 3.63) is 36.0 Å². The van der Waals surface area contributed by atoms with Gasteiger partial charge in [0.05, 0.1) is 0 Å². The predicted octanol–water partition coefficient (Wildman–Crippen LogP) is 3.10. The van der Waals surface area contributed by atoms with Crippen molar-refractivity contribution in [2.45, 2.75) is 26.2 Å². The monoisotopic (exact) mass is 216 g/mol. The zero-order valence-electron chi connectivity index (χ0n) is 9.92. The van der Waals surface area contributed by atoms with Crippen molar-refractivity contribution in [3.63, 3.8) is 0 Å². The van der Waals surface area contributed by atoms with Crippen LogP contribution in [0.2, 0.25) is 0 Å². The van der Waals surface area contributed by atoms with Crippen molar-refractivity contribution in [1.29, 1.82) is 0 Å². The first-order valence-corrected chi connectivity index (χ1v) is 6.17. The third-order valence-corrected chi connectivity index (χ3v) is 2.97. The number of benzene rings is 1. The maximum absolute atomic E-state index is 3.36. The van der Waals surface area contributed by atoms with Gasteiger partial charge in [-0.15, -0.1) is 0 Å². The van der Waals surface area contributed by atoms with E-state index in [2.05, 4.69) is 47.7 Å². The topological polar surface area (TPSA) is 27.8 Å². The molecule has 1 aromatic heterocycles. The Morgan fingerprint density at radius 2 is 2.06 bits per heavy atom. The first kappa shape index (κ1) is 11.2. The number of hydrogen-bond donors (Lipinski definition) is 2. The Morgan fingerprint density at radius 3 is 2.94 bits per heavy atom. The van der Waals surface area contributed by atoms with Crippen molar-refractivity contribution in [1.82, 2.24) is 10.3 Å². The highest BCUT2D eigenvalue weighted by Crippen LogP contribution is 2.19. The van der Waals surface area contributed by atoms with Crippen LogP contribution in [0.3, 0.4) is 0 Å². The van der Waals surface area contributed by atoms with E-state index in [0.29, 0.717) is 0 Å². The van der Waals surface area contributed by atoms with Crippen molar-refractivity contribution in [3.8, 4) is 0 Å². The number of nitrogens with one attached hydrogen (secondary N) is 2. The lowest BCUT2D eigenvalue weighted by Gasteiger charge is -2.01. The first-order valence-electron chi connectivity index (χ1n) is 6.17. The highest BCUT2D eigenvalue weighted by Gasteiger charge is 2.01. The number of para-hydroxylation sites is 1. The number of aryl methyl sites for hydroxylation is 1. The largest absolute Gasteiger partial charge is 0.361 e. The van der Waals surface area contributed by atoms with Gasteiger partial charge in [0.25, 0.3) is 0 Å². The van der Waals surface area contributed by atoms with E-state index in [1.165, 1.54) is 35.7 Å². The van der Waals surface area contributed by atoms with Gasteiger partial charge in [0.2, 0.25) is 0 Å². The van der Waals surface area contributed by atoms with Gasteiger partial charge in [-0.05, 0) is 44.0 Å². The molecule has 2 nitrogen and oxygen atoms in total. The maximum Gasteiger partial charge on any atom is 0.0456 e. The third-order valence-electron chi connectivity index (χ3n) is 2.97. The Labute approximate surface area is 97.1 Å². The summed E-state index contributed by atoms with van der Waals surface area (Å²) in [4.78, 5) is 3.32. The van der Waals surface area contributed by atoms with E-state index in [0.717, 1.165) is 13.1 Å². The van der Waals surface area contributed by atoms with Gasteiger partial charge in [-0.25, -0.2) is 0 Å². The molecule has 1 heterocycles. The first-order chi connectivity index (χ1) is 7.92. The maximum atomic E-state index is 3.36. The second-order valence-corrected chi connectivity index (χ2v) is 4.17. The minimum atomic E-state index is 1.08. The van der Waals surface area contributed by atoms with E-state index >= 15 is 0 Å². The van der Waals surface area contributed by atoms with Gasteiger partial charge in [0, 0.05) is 17.1 Å². The molecule has 16 heavy (non-hydrogen) atoms. The number of rotatable bonds is 6. The molecule has 2 heteroatoms. The molecule has 0 saturated heterocycles. The van der Waals surface area contributed by atoms with Crippen LogP contribution in [0.5, 0.6) is 0 Å². The Kier molecular flexibility index (Phi) is 4.00. The summed E-state index contributed by atoms with van der Waals surface area (Å²) in [5.74, 6) is 0. The number of aromatic amines is 1. The van der Waals surface area contributed by atoms with E-state index in [1.54, 1.807) is 0 Å². The number of aromatic nitrogens is 1. The number of hydrogen-bond acceptors (Lipinski definition) is 1. The fourth-order valence-electron chi connectivity index (χ4n) is 2.08. The van der Waals surface area contributed by atoms with Crippen LogP contribution in [0.4, 0.5) is 0 Å². The fourth-order valence-corrected chi connectivity index (χ4v) is 2.08. The standard InChI is InChI=1S/C14H20N2/c1-2-15-10-6-5-7-12-11-16-14-9-4-3-8-13(12)14/h3-4,8-9,11,15-16H,2,5-7,10H2,1H3. The third kappa shape index (κ3) is 2.64. The van der Waals surface area contributed by atoms with Crippen molar-refractivity contribution in [2.75, 3.05) is 13.1 Å². The van der Waals surface area contributed by atoms with Gasteiger partial charge in [0.15, 0.2) is 0 Å². The van der Waals surface area contributed by atoms with Crippen molar-refractivity contribution in [2.24, 2.45) is 0 Å². The normalized spacial score (nSPS) is 11.1. The van der Waals surface area contributed by atoms with Crippen LogP contribution in [0.1, 0.15) is 25.3 Å². The molecule has 1 aromatic carbocycles. The van der Waals surface area contributed by atoms with Gasteiger partial charge in [0.1, 0.15) is 0 Å². The lowest BCUT2D eigenvalue weighted by molar-refractivity contribution is 0.642. The molecule has 2 aromatic rings. The fraction of sp³-hybridized carbons (Fsp3) is 0.429. The molecule has 0 atom stereocenters. The van der Waals surface area contributed by atoms with Crippen LogP contribution in [0, 0.1) is 0 Å². The molecule has 0 aliphatic heterocycles. The lowest BCUT2D eigenvalue weighted by Crippen LogP contribution is -2.13. The summed E-state index contributed by atoms with van der Waals surface area (Å²) in [5.41, 5.74) is 2.70. The molecule has 0 saturated carbocycles. The minimum Gasteiger partial charge on any atom is -0.361 e. The lowest BCUT2D eigenvalue weighted by atomic mass is 10.1. The molecule has 2 N–H and O–H groups in total. The van der Waals surface area contributed by atoms with Gasteiger partial charge >= 0.3 is 0 Å². The van der Waals surface area contributed by atoms with Gasteiger partial charge in [-0.2, -0.15) is 0 Å². The summed E-state index contributed by atoms with van der Waals surface area (Å²) in [6, 6.07) is 8.52. The van der Waals surface area contributed by atoms with Crippen molar-refractivity contribution >= 4 is 10.9 Å². The Hall–Kier alpha value is -1.28. The molecule has 0 bridgehead atoms. The van der Waals surface area contributed by atoms with Crippen molar-refractivity contribution < 1.29 is 0 Å². The van der Waals surface area contributed by atoms with Crippen LogP contribution in [-0.2, 0) is 6.42 Å². The SMILES string of the molecule is CCNCCCCc1c[nH]c2ccccc12. The van der Waals surface area contributed by atoms with Crippen LogP contribution >= 0.6 is 0 Å². The summed E-state index contributed by atoms with van der Waals surface area (Å²) in [5, 5.41) is 4.74. The Balaban J connectivity index is 1.89. The Morgan fingerprint density at radius 1 is 1.19 bits per heavy atom. The van der Waals surface area contributed by atoms with Crippen LogP contribution in [-0.4, -0.2) is 18.1 Å². The average Bonchev–Trinajstić information content (AvgIpc) is 2.73. The molecule has 2 rings (SSSR count). The van der Waals surface area contributed by atoms with E-state index in [1.807, 2.05) is 0 Å². The van der Waals surface area contributed by atoms with Crippen LogP contribution in [0.15, 0.2) is 30.5 Å². The second kappa shape index (κ2) is 5.71. The summed E-state index contributed by atoms with van der Waals surface area (Å²) in [6.45, 7) is 4.37. The predicted molar refractivity (Wildman–Crippen MR) is 69.8 cm³/mol.